The van der Waals surface area contributed by atoms with Gasteiger partial charge in [-0.25, -0.2) is 18.1 Å². The van der Waals surface area contributed by atoms with Crippen molar-refractivity contribution < 1.29 is 13.2 Å². The van der Waals surface area contributed by atoms with Crippen LogP contribution in [0, 0.1) is 6.92 Å². The minimum Gasteiger partial charge on any atom is -0.494 e. The van der Waals surface area contributed by atoms with E-state index in [4.69, 9.17) is 4.74 Å². The van der Waals surface area contributed by atoms with Gasteiger partial charge in [0.1, 0.15) is 5.75 Å². The van der Waals surface area contributed by atoms with Crippen LogP contribution in [-0.4, -0.2) is 29.8 Å². The van der Waals surface area contributed by atoms with Crippen LogP contribution in [0.15, 0.2) is 71.8 Å². The zero-order valence-corrected chi connectivity index (χ0v) is 16.8. The van der Waals surface area contributed by atoms with Crippen LogP contribution in [0.4, 0.5) is 5.69 Å². The maximum absolute atomic E-state index is 12.7. The van der Waals surface area contributed by atoms with Crippen molar-refractivity contribution in [1.29, 1.82) is 0 Å². The first kappa shape index (κ1) is 18.9. The third kappa shape index (κ3) is 3.79. The number of anilines is 1. The molecule has 1 N–H and O–H groups in total. The van der Waals surface area contributed by atoms with Gasteiger partial charge in [0.15, 0.2) is 5.65 Å². The lowest BCUT2D eigenvalue weighted by atomic mass is 10.2. The molecular weight excluding hydrogens is 388 g/mol. The van der Waals surface area contributed by atoms with E-state index in [-0.39, 0.29) is 4.90 Å². The van der Waals surface area contributed by atoms with E-state index in [0.717, 1.165) is 16.8 Å². The van der Waals surface area contributed by atoms with E-state index >= 15 is 0 Å². The molecule has 7 nitrogen and oxygen atoms in total. The lowest BCUT2D eigenvalue weighted by molar-refractivity contribution is 0.340. The number of nitrogens with one attached hydrogen (secondary N) is 1. The number of pyridine rings is 1. The molecule has 0 saturated heterocycles. The molecule has 8 heteroatoms. The highest BCUT2D eigenvalue weighted by Crippen LogP contribution is 2.25. The molecule has 4 aromatic rings. The predicted molar refractivity (Wildman–Crippen MR) is 112 cm³/mol. The van der Waals surface area contributed by atoms with Gasteiger partial charge in [0.25, 0.3) is 10.0 Å². The second-order valence-electron chi connectivity index (χ2n) is 6.44. The average Bonchev–Trinajstić information content (AvgIpc) is 3.05. The molecule has 4 rings (SSSR count). The molecule has 29 heavy (non-hydrogen) atoms. The van der Waals surface area contributed by atoms with Gasteiger partial charge >= 0.3 is 0 Å². The fraction of sp³-hybridized carbons (Fsp3) is 0.143. The van der Waals surface area contributed by atoms with Crippen molar-refractivity contribution in [2.45, 2.75) is 18.7 Å². The van der Waals surface area contributed by atoms with Crippen molar-refractivity contribution in [2.75, 3.05) is 11.3 Å². The molecule has 0 aliphatic rings. The highest BCUT2D eigenvalue weighted by molar-refractivity contribution is 7.92. The van der Waals surface area contributed by atoms with Crippen LogP contribution in [0.1, 0.15) is 12.6 Å². The van der Waals surface area contributed by atoms with Crippen LogP contribution in [0.2, 0.25) is 0 Å². The van der Waals surface area contributed by atoms with Gasteiger partial charge in [0.2, 0.25) is 0 Å². The monoisotopic (exact) mass is 408 g/mol. The topological polar surface area (TPSA) is 86.1 Å². The highest BCUT2D eigenvalue weighted by Gasteiger charge is 2.17. The minimum absolute atomic E-state index is 0.151. The third-order valence-corrected chi connectivity index (χ3v) is 5.80. The van der Waals surface area contributed by atoms with Crippen LogP contribution in [0.25, 0.3) is 16.7 Å². The zero-order chi connectivity index (χ0) is 20.4. The molecule has 148 valence electrons. The summed E-state index contributed by atoms with van der Waals surface area (Å²) in [5.41, 5.74) is 2.69. The van der Waals surface area contributed by atoms with Crippen molar-refractivity contribution in [3.63, 3.8) is 0 Å². The number of hydrogen-bond acceptors (Lipinski definition) is 5. The average molecular weight is 408 g/mol. The SMILES string of the molecule is CCOc1ccc(S(=O)(=O)Nc2cnc3c(c2)c(C)nn3-c2ccccc2)cc1. The summed E-state index contributed by atoms with van der Waals surface area (Å²) in [6.07, 6.45) is 1.50. The van der Waals surface area contributed by atoms with Crippen LogP contribution in [0.3, 0.4) is 0 Å². The Morgan fingerprint density at radius 3 is 2.48 bits per heavy atom. The quantitative estimate of drug-likeness (QED) is 0.522. The Labute approximate surface area is 169 Å². The summed E-state index contributed by atoms with van der Waals surface area (Å²) in [6.45, 7) is 4.26. The Bertz CT molecular complexity index is 1250. The molecular formula is C21H20N4O3S. The van der Waals surface area contributed by atoms with Crippen LogP contribution < -0.4 is 9.46 Å². The second-order valence-corrected chi connectivity index (χ2v) is 8.12. The molecule has 0 saturated carbocycles. The Morgan fingerprint density at radius 2 is 1.79 bits per heavy atom. The molecule has 0 aliphatic carbocycles. The van der Waals surface area contributed by atoms with Gasteiger partial charge in [-0.1, -0.05) is 18.2 Å². The molecule has 0 radical (unpaired) electrons. The van der Waals surface area contributed by atoms with E-state index in [9.17, 15) is 8.42 Å². The van der Waals surface area contributed by atoms with E-state index in [1.165, 1.54) is 18.3 Å². The first-order valence-corrected chi connectivity index (χ1v) is 10.6. The van der Waals surface area contributed by atoms with Crippen molar-refractivity contribution in [2.24, 2.45) is 0 Å². The molecule has 0 atom stereocenters. The van der Waals surface area contributed by atoms with Crippen molar-refractivity contribution in [3.8, 4) is 11.4 Å². The number of rotatable bonds is 6. The van der Waals surface area contributed by atoms with Crippen LogP contribution in [0.5, 0.6) is 5.75 Å². The number of aromatic nitrogens is 3. The third-order valence-electron chi connectivity index (χ3n) is 4.41. The highest BCUT2D eigenvalue weighted by atomic mass is 32.2. The van der Waals surface area contributed by atoms with E-state index in [2.05, 4.69) is 14.8 Å². The molecule has 0 unspecified atom stereocenters. The number of para-hydroxylation sites is 1. The number of aryl methyl sites for hydroxylation is 1. The minimum atomic E-state index is -3.74. The summed E-state index contributed by atoms with van der Waals surface area (Å²) in [5, 5.41) is 5.32. The largest absolute Gasteiger partial charge is 0.494 e. The Morgan fingerprint density at radius 1 is 1.07 bits per heavy atom. The smallest absolute Gasteiger partial charge is 0.261 e. The van der Waals surface area contributed by atoms with Crippen molar-refractivity contribution in [1.82, 2.24) is 14.8 Å². The first-order chi connectivity index (χ1) is 14.0. The molecule has 0 spiro atoms. The van der Waals surface area contributed by atoms with Crippen LogP contribution >= 0.6 is 0 Å². The fourth-order valence-corrected chi connectivity index (χ4v) is 4.08. The number of fused-ring (bicyclic) bond motifs is 1. The van der Waals surface area contributed by atoms with E-state index < -0.39 is 10.0 Å². The predicted octanol–water partition coefficient (Wildman–Crippen LogP) is 3.93. The maximum Gasteiger partial charge on any atom is 0.261 e. The fourth-order valence-electron chi connectivity index (χ4n) is 3.04. The van der Waals surface area contributed by atoms with E-state index in [1.54, 1.807) is 22.9 Å². The standard InChI is InChI=1S/C21H20N4O3S/c1-3-28-18-9-11-19(12-10-18)29(26,27)24-16-13-20-15(2)23-25(21(20)22-14-16)17-7-5-4-6-8-17/h4-14,24H,3H2,1-2H3. The van der Waals surface area contributed by atoms with Gasteiger partial charge in [-0.15, -0.1) is 0 Å². The van der Waals surface area contributed by atoms with Gasteiger partial charge in [-0.2, -0.15) is 5.10 Å². The molecule has 0 amide bonds. The molecule has 2 heterocycles. The summed E-state index contributed by atoms with van der Waals surface area (Å²) in [7, 11) is -3.74. The summed E-state index contributed by atoms with van der Waals surface area (Å²) < 4.78 is 35.1. The molecule has 0 bridgehead atoms. The van der Waals surface area contributed by atoms with Gasteiger partial charge in [-0.05, 0) is 56.3 Å². The van der Waals surface area contributed by atoms with Crippen molar-refractivity contribution in [3.05, 3.63) is 72.6 Å². The van der Waals surface area contributed by atoms with Gasteiger partial charge in [0.05, 0.1) is 34.8 Å². The first-order valence-electron chi connectivity index (χ1n) is 9.14. The summed E-state index contributed by atoms with van der Waals surface area (Å²) in [4.78, 5) is 4.60. The van der Waals surface area contributed by atoms with E-state index in [1.807, 2.05) is 44.2 Å². The van der Waals surface area contributed by atoms with Gasteiger partial charge in [0, 0.05) is 5.39 Å². The Kier molecular flexibility index (Phi) is 4.94. The maximum atomic E-state index is 12.7. The normalized spacial score (nSPS) is 11.5. The zero-order valence-electron chi connectivity index (χ0n) is 16.0. The lowest BCUT2D eigenvalue weighted by Crippen LogP contribution is -2.13. The van der Waals surface area contributed by atoms with Crippen molar-refractivity contribution >= 4 is 26.7 Å². The lowest BCUT2D eigenvalue weighted by Gasteiger charge is -2.09. The van der Waals surface area contributed by atoms with Gasteiger partial charge < -0.3 is 4.74 Å². The number of nitrogens with zero attached hydrogens (tertiary/aromatic N) is 3. The number of hydrogen-bond donors (Lipinski definition) is 1. The molecule has 2 aromatic carbocycles. The number of sulfonamides is 1. The summed E-state index contributed by atoms with van der Waals surface area (Å²) in [5.74, 6) is 0.624. The molecule has 2 aromatic heterocycles. The molecule has 0 aliphatic heterocycles. The number of ether oxygens (including phenoxy) is 1. The number of benzene rings is 2. The van der Waals surface area contributed by atoms with E-state index in [0.29, 0.717) is 23.7 Å². The molecule has 0 fully saturated rings. The van der Waals surface area contributed by atoms with Crippen LogP contribution in [-0.2, 0) is 10.0 Å². The summed E-state index contributed by atoms with van der Waals surface area (Å²) in [6, 6.07) is 17.7. The second kappa shape index (κ2) is 7.56. The van der Waals surface area contributed by atoms with Gasteiger partial charge in [-0.3, -0.25) is 4.72 Å². The Balaban J connectivity index is 1.65. The summed E-state index contributed by atoms with van der Waals surface area (Å²) >= 11 is 0. The Hall–Kier alpha value is -3.39.